The highest BCUT2D eigenvalue weighted by atomic mass is 35.5. The summed E-state index contributed by atoms with van der Waals surface area (Å²) in [6.45, 7) is 5.69. The molecule has 0 saturated heterocycles. The fourth-order valence-electron chi connectivity index (χ4n) is 1.96. The van der Waals surface area contributed by atoms with E-state index in [-0.39, 0.29) is 6.03 Å². The molecular weight excluding hydrogens is 300 g/mol. The maximum atomic E-state index is 12.0. The lowest BCUT2D eigenvalue weighted by Gasteiger charge is -2.17. The molecule has 4 nitrogen and oxygen atoms in total. The quantitative estimate of drug-likeness (QED) is 0.815. The zero-order valence-corrected chi connectivity index (χ0v) is 13.6. The molecule has 0 fully saturated rings. The molecule has 2 N–H and O–H groups in total. The van der Waals surface area contributed by atoms with Crippen LogP contribution < -0.4 is 15.4 Å². The van der Waals surface area contributed by atoms with E-state index < -0.39 is 6.23 Å². The van der Waals surface area contributed by atoms with E-state index in [0.717, 1.165) is 16.8 Å². The third-order valence-electron chi connectivity index (χ3n) is 3.10. The van der Waals surface area contributed by atoms with Gasteiger partial charge in [0.05, 0.1) is 0 Å². The van der Waals surface area contributed by atoms with Gasteiger partial charge in [-0.25, -0.2) is 4.79 Å². The molecule has 0 radical (unpaired) electrons. The van der Waals surface area contributed by atoms with Crippen molar-refractivity contribution in [3.05, 3.63) is 58.6 Å². The van der Waals surface area contributed by atoms with Gasteiger partial charge < -0.3 is 15.4 Å². The van der Waals surface area contributed by atoms with Crippen molar-refractivity contribution in [3.8, 4) is 5.75 Å². The Morgan fingerprint density at radius 3 is 2.50 bits per heavy atom. The third kappa shape index (κ3) is 4.67. The second kappa shape index (κ2) is 7.18. The first-order valence-electron chi connectivity index (χ1n) is 7.01. The standard InChI is InChI=1S/C17H19ClN2O2/c1-11-4-5-12(2)16(10-11)20-17(21)19-13(3)22-15-8-6-14(18)7-9-15/h4-10,13H,1-3H3,(H2,19,20,21). The number of hydrogen-bond donors (Lipinski definition) is 2. The monoisotopic (exact) mass is 318 g/mol. The van der Waals surface area contributed by atoms with Crippen LogP contribution in [0.2, 0.25) is 5.02 Å². The predicted molar refractivity (Wildman–Crippen MR) is 89.6 cm³/mol. The van der Waals surface area contributed by atoms with Crippen molar-refractivity contribution in [1.82, 2.24) is 5.32 Å². The maximum absolute atomic E-state index is 12.0. The van der Waals surface area contributed by atoms with E-state index in [2.05, 4.69) is 10.6 Å². The number of hydrogen-bond acceptors (Lipinski definition) is 2. The second-order valence-corrected chi connectivity index (χ2v) is 5.57. The minimum Gasteiger partial charge on any atom is -0.471 e. The normalized spacial score (nSPS) is 11.6. The van der Waals surface area contributed by atoms with Crippen LogP contribution in [0.15, 0.2) is 42.5 Å². The van der Waals surface area contributed by atoms with Crippen LogP contribution in [0, 0.1) is 13.8 Å². The largest absolute Gasteiger partial charge is 0.471 e. The zero-order chi connectivity index (χ0) is 16.1. The highest BCUT2D eigenvalue weighted by Crippen LogP contribution is 2.17. The Bertz CT molecular complexity index is 656. The summed E-state index contributed by atoms with van der Waals surface area (Å²) in [7, 11) is 0. The van der Waals surface area contributed by atoms with Gasteiger partial charge >= 0.3 is 6.03 Å². The third-order valence-corrected chi connectivity index (χ3v) is 3.35. The predicted octanol–water partition coefficient (Wildman–Crippen LogP) is 4.50. The van der Waals surface area contributed by atoms with Crippen LogP contribution in [0.1, 0.15) is 18.1 Å². The molecule has 2 amide bonds. The van der Waals surface area contributed by atoms with E-state index in [1.807, 2.05) is 32.0 Å². The van der Waals surface area contributed by atoms with Gasteiger partial charge in [-0.3, -0.25) is 0 Å². The van der Waals surface area contributed by atoms with Crippen molar-refractivity contribution in [2.75, 3.05) is 5.32 Å². The molecule has 0 aliphatic carbocycles. The van der Waals surface area contributed by atoms with Gasteiger partial charge in [0.2, 0.25) is 0 Å². The van der Waals surface area contributed by atoms with Crippen molar-refractivity contribution in [2.24, 2.45) is 0 Å². The Morgan fingerprint density at radius 1 is 1.14 bits per heavy atom. The van der Waals surface area contributed by atoms with Crippen molar-refractivity contribution in [2.45, 2.75) is 27.0 Å². The van der Waals surface area contributed by atoms with E-state index in [9.17, 15) is 4.79 Å². The van der Waals surface area contributed by atoms with Gasteiger partial charge in [-0.15, -0.1) is 0 Å². The van der Waals surface area contributed by atoms with Gasteiger partial charge in [-0.1, -0.05) is 23.7 Å². The highest BCUT2D eigenvalue weighted by Gasteiger charge is 2.10. The van der Waals surface area contributed by atoms with Crippen molar-refractivity contribution < 1.29 is 9.53 Å². The first-order chi connectivity index (χ1) is 10.4. The first kappa shape index (κ1) is 16.2. The van der Waals surface area contributed by atoms with Gasteiger partial charge in [-0.2, -0.15) is 0 Å². The molecule has 1 atom stereocenters. The Hall–Kier alpha value is -2.20. The lowest BCUT2D eigenvalue weighted by Crippen LogP contribution is -2.39. The summed E-state index contributed by atoms with van der Waals surface area (Å²) in [5.74, 6) is 0.643. The molecule has 0 aliphatic rings. The van der Waals surface area contributed by atoms with Crippen molar-refractivity contribution in [1.29, 1.82) is 0 Å². The van der Waals surface area contributed by atoms with E-state index >= 15 is 0 Å². The second-order valence-electron chi connectivity index (χ2n) is 5.13. The number of amides is 2. The fraction of sp³-hybridized carbons (Fsp3) is 0.235. The lowest BCUT2D eigenvalue weighted by atomic mass is 10.1. The smallest absolute Gasteiger partial charge is 0.322 e. The van der Waals surface area contributed by atoms with Crippen molar-refractivity contribution >= 4 is 23.3 Å². The minimum absolute atomic E-state index is 0.310. The molecule has 2 aromatic carbocycles. The zero-order valence-electron chi connectivity index (χ0n) is 12.8. The minimum atomic E-state index is -0.466. The van der Waals surface area contributed by atoms with Gasteiger partial charge in [0.15, 0.2) is 6.23 Å². The summed E-state index contributed by atoms with van der Waals surface area (Å²) in [5, 5.41) is 6.20. The number of carbonyl (C=O) groups excluding carboxylic acids is 1. The molecule has 0 bridgehead atoms. The summed E-state index contributed by atoms with van der Waals surface area (Å²) >= 11 is 5.82. The number of ether oxygens (including phenoxy) is 1. The van der Waals surface area contributed by atoms with Gasteiger partial charge in [0.1, 0.15) is 5.75 Å². The summed E-state index contributed by atoms with van der Waals surface area (Å²) in [4.78, 5) is 12.0. The number of benzene rings is 2. The Kier molecular flexibility index (Phi) is 5.28. The van der Waals surface area contributed by atoms with Crippen LogP contribution in [0.3, 0.4) is 0 Å². The molecule has 2 aromatic rings. The maximum Gasteiger partial charge on any atom is 0.322 e. The number of urea groups is 1. The number of rotatable bonds is 4. The van der Waals surface area contributed by atoms with Gasteiger partial charge in [0.25, 0.3) is 0 Å². The summed E-state index contributed by atoms with van der Waals surface area (Å²) < 4.78 is 5.60. The Morgan fingerprint density at radius 2 is 1.82 bits per heavy atom. The fourth-order valence-corrected chi connectivity index (χ4v) is 2.09. The molecule has 5 heteroatoms. The van der Waals surface area contributed by atoms with E-state index in [4.69, 9.17) is 16.3 Å². The first-order valence-corrected chi connectivity index (χ1v) is 7.39. The number of anilines is 1. The molecule has 0 aliphatic heterocycles. The molecular formula is C17H19ClN2O2. The van der Waals surface area contributed by atoms with Crippen LogP contribution in [0.5, 0.6) is 5.75 Å². The molecule has 0 aromatic heterocycles. The highest BCUT2D eigenvalue weighted by molar-refractivity contribution is 6.30. The van der Waals surface area contributed by atoms with Gasteiger partial charge in [-0.05, 0) is 62.2 Å². The molecule has 22 heavy (non-hydrogen) atoms. The molecule has 1 unspecified atom stereocenters. The molecule has 0 saturated carbocycles. The average Bonchev–Trinajstić information content (AvgIpc) is 2.45. The SMILES string of the molecule is Cc1ccc(C)c(NC(=O)NC(C)Oc2ccc(Cl)cc2)c1. The topological polar surface area (TPSA) is 50.4 Å². The van der Waals surface area contributed by atoms with E-state index in [0.29, 0.717) is 10.8 Å². The Balaban J connectivity index is 1.91. The number of carbonyl (C=O) groups is 1. The van der Waals surface area contributed by atoms with Crippen LogP contribution in [-0.4, -0.2) is 12.3 Å². The van der Waals surface area contributed by atoms with Crippen LogP contribution in [0.4, 0.5) is 10.5 Å². The van der Waals surface area contributed by atoms with Crippen molar-refractivity contribution in [3.63, 3.8) is 0 Å². The van der Waals surface area contributed by atoms with Gasteiger partial charge in [0, 0.05) is 10.7 Å². The summed E-state index contributed by atoms with van der Waals surface area (Å²) in [6, 6.07) is 12.6. The number of halogens is 1. The van der Waals surface area contributed by atoms with Crippen LogP contribution in [-0.2, 0) is 0 Å². The Labute approximate surface area is 135 Å². The number of aryl methyl sites for hydroxylation is 2. The lowest BCUT2D eigenvalue weighted by molar-refractivity contribution is 0.183. The van der Waals surface area contributed by atoms with E-state index in [1.165, 1.54) is 0 Å². The molecule has 2 rings (SSSR count). The number of nitrogens with one attached hydrogen (secondary N) is 2. The average molecular weight is 319 g/mol. The molecule has 116 valence electrons. The van der Waals surface area contributed by atoms with Crippen LogP contribution >= 0.6 is 11.6 Å². The molecule has 0 spiro atoms. The summed E-state index contributed by atoms with van der Waals surface area (Å²) in [6.07, 6.45) is -0.466. The van der Waals surface area contributed by atoms with E-state index in [1.54, 1.807) is 31.2 Å². The molecule has 0 heterocycles. The van der Waals surface area contributed by atoms with Crippen LogP contribution in [0.25, 0.3) is 0 Å². The summed E-state index contributed by atoms with van der Waals surface area (Å²) in [5.41, 5.74) is 2.88.